The van der Waals surface area contributed by atoms with Gasteiger partial charge in [-0.15, -0.1) is 10.2 Å². The van der Waals surface area contributed by atoms with E-state index in [1.54, 1.807) is 55.5 Å². The van der Waals surface area contributed by atoms with Gasteiger partial charge in [0.15, 0.2) is 11.5 Å². The number of hydrogen-bond donors (Lipinski definition) is 3. The Morgan fingerprint density at radius 3 is 2.24 bits per heavy atom. The first-order chi connectivity index (χ1) is 19.5. The Labute approximate surface area is 241 Å². The molecule has 41 heavy (non-hydrogen) atoms. The Kier molecular flexibility index (Phi) is 9.06. The zero-order chi connectivity index (χ0) is 29.7. The molecule has 0 amide bonds. The number of halogens is 5. The van der Waals surface area contributed by atoms with E-state index in [0.29, 0.717) is 38.4 Å². The van der Waals surface area contributed by atoms with Crippen LogP contribution in [0.1, 0.15) is 46.0 Å². The highest BCUT2D eigenvalue weighted by atomic mass is 35.5. The first-order valence-electron chi connectivity index (χ1n) is 12.0. The van der Waals surface area contributed by atoms with Gasteiger partial charge >= 0.3 is 12.1 Å². The number of carboxylic acid groups (broad SMARTS) is 1. The molecule has 14 heteroatoms. The normalized spacial score (nSPS) is 12.0. The van der Waals surface area contributed by atoms with Crippen molar-refractivity contribution in [3.05, 3.63) is 111 Å². The predicted octanol–water partition coefficient (Wildman–Crippen LogP) is 6.37. The zero-order valence-corrected chi connectivity index (χ0v) is 22.8. The molecule has 1 atom stereocenters. The minimum atomic E-state index is -4.27. The number of carboxylic acids is 1. The molecule has 0 bridgehead atoms. The first kappa shape index (κ1) is 29.7. The van der Waals surface area contributed by atoms with E-state index in [1.807, 2.05) is 0 Å². The summed E-state index contributed by atoms with van der Waals surface area (Å²) in [5.74, 6) is -0.823. The van der Waals surface area contributed by atoms with Crippen LogP contribution < -0.4 is 5.73 Å². The largest absolute Gasteiger partial charge is 0.476 e. The predicted molar refractivity (Wildman–Crippen MR) is 147 cm³/mol. The highest BCUT2D eigenvalue weighted by Crippen LogP contribution is 2.34. The molecule has 9 nitrogen and oxygen atoms in total. The first-order valence-corrected chi connectivity index (χ1v) is 12.7. The van der Waals surface area contributed by atoms with Crippen molar-refractivity contribution in [1.29, 1.82) is 0 Å². The van der Waals surface area contributed by atoms with Crippen molar-refractivity contribution in [1.82, 2.24) is 30.4 Å². The number of nitrogens with one attached hydrogen (secondary N) is 1. The summed E-state index contributed by atoms with van der Waals surface area (Å²) in [6.07, 6.45) is -4.14. The van der Waals surface area contributed by atoms with Crippen molar-refractivity contribution < 1.29 is 23.1 Å². The Balaban J connectivity index is 0.000000251. The molecule has 2 aromatic heterocycles. The minimum Gasteiger partial charge on any atom is -0.476 e. The van der Waals surface area contributed by atoms with Crippen molar-refractivity contribution in [2.75, 3.05) is 0 Å². The van der Waals surface area contributed by atoms with Crippen LogP contribution >= 0.6 is 23.2 Å². The van der Waals surface area contributed by atoms with E-state index in [-0.39, 0.29) is 18.2 Å². The molecule has 0 aliphatic rings. The second-order valence-electron chi connectivity index (χ2n) is 8.76. The maximum absolute atomic E-state index is 12.1. The van der Waals surface area contributed by atoms with Crippen LogP contribution in [-0.2, 0) is 12.6 Å². The SMILES string of the molecule is C[C@@H](N)c1ccc(C(F)(F)F)cc1.O=C(O)c1nn(-c2ccccc2Cl)c(-c2ccc(Cl)cc2)c1Cc1nn[nH]n1. The van der Waals surface area contributed by atoms with E-state index in [0.717, 1.165) is 17.7 Å². The molecule has 212 valence electrons. The van der Waals surface area contributed by atoms with Crippen LogP contribution in [0.4, 0.5) is 13.2 Å². The maximum atomic E-state index is 12.1. The van der Waals surface area contributed by atoms with Gasteiger partial charge in [0.05, 0.1) is 22.0 Å². The molecule has 2 heterocycles. The van der Waals surface area contributed by atoms with Crippen LogP contribution in [-0.4, -0.2) is 41.5 Å². The summed E-state index contributed by atoms with van der Waals surface area (Å²) in [5, 5.41) is 28.9. The molecule has 0 fully saturated rings. The zero-order valence-electron chi connectivity index (χ0n) is 21.3. The summed E-state index contributed by atoms with van der Waals surface area (Å²) >= 11 is 12.4. The molecule has 4 N–H and O–H groups in total. The van der Waals surface area contributed by atoms with Gasteiger partial charge in [0, 0.05) is 28.6 Å². The van der Waals surface area contributed by atoms with Crippen LogP contribution in [0.3, 0.4) is 0 Å². The summed E-state index contributed by atoms with van der Waals surface area (Å²) in [7, 11) is 0. The van der Waals surface area contributed by atoms with Crippen molar-refractivity contribution >= 4 is 29.2 Å². The Morgan fingerprint density at radius 2 is 1.71 bits per heavy atom. The molecule has 5 rings (SSSR count). The number of aromatic carboxylic acids is 1. The fourth-order valence-electron chi connectivity index (χ4n) is 3.88. The number of nitrogens with zero attached hydrogens (tertiary/aromatic N) is 5. The van der Waals surface area contributed by atoms with Crippen LogP contribution in [0.2, 0.25) is 10.0 Å². The highest BCUT2D eigenvalue weighted by molar-refractivity contribution is 6.32. The van der Waals surface area contributed by atoms with Crippen molar-refractivity contribution in [3.63, 3.8) is 0 Å². The fourth-order valence-corrected chi connectivity index (χ4v) is 4.22. The topological polar surface area (TPSA) is 136 Å². The summed E-state index contributed by atoms with van der Waals surface area (Å²) in [5.41, 5.74) is 7.72. The quantitative estimate of drug-likeness (QED) is 0.205. The molecule has 0 radical (unpaired) electrons. The molecule has 5 aromatic rings. The average molecular weight is 604 g/mol. The second kappa shape index (κ2) is 12.5. The van der Waals surface area contributed by atoms with E-state index in [9.17, 15) is 23.1 Å². The van der Waals surface area contributed by atoms with Gasteiger partial charge in [0.2, 0.25) is 0 Å². The van der Waals surface area contributed by atoms with Gasteiger partial charge in [-0.3, -0.25) is 0 Å². The number of aromatic amines is 1. The van der Waals surface area contributed by atoms with Crippen LogP contribution in [0.5, 0.6) is 0 Å². The van der Waals surface area contributed by atoms with Crippen molar-refractivity contribution in [3.8, 4) is 16.9 Å². The number of aromatic nitrogens is 6. The molecule has 0 spiro atoms. The lowest BCUT2D eigenvalue weighted by molar-refractivity contribution is -0.137. The molecule has 0 aliphatic heterocycles. The summed E-state index contributed by atoms with van der Waals surface area (Å²) < 4.78 is 37.8. The maximum Gasteiger partial charge on any atom is 0.416 e. The molecule has 0 aliphatic carbocycles. The molecule has 3 aromatic carbocycles. The smallest absolute Gasteiger partial charge is 0.416 e. The van der Waals surface area contributed by atoms with Gasteiger partial charge in [-0.25, -0.2) is 9.48 Å². The Bertz CT molecular complexity index is 1620. The molecular weight excluding hydrogens is 582 g/mol. The van der Waals surface area contributed by atoms with E-state index >= 15 is 0 Å². The number of hydrogen-bond acceptors (Lipinski definition) is 6. The number of carbonyl (C=O) groups is 1. The fraction of sp³-hybridized carbons (Fsp3) is 0.148. The van der Waals surface area contributed by atoms with Gasteiger partial charge in [-0.2, -0.15) is 23.5 Å². The van der Waals surface area contributed by atoms with Crippen LogP contribution in [0.25, 0.3) is 16.9 Å². The number of benzene rings is 3. The molecular formula is C27H22Cl2F3N7O2. The lowest BCUT2D eigenvalue weighted by atomic mass is 10.0. The monoisotopic (exact) mass is 603 g/mol. The third kappa shape index (κ3) is 7.09. The standard InChI is InChI=1S/C18H12Cl2N6O2.C9H10F3N/c19-11-7-5-10(6-8-11)17-12(9-15-21-24-25-22-15)16(18(27)28)23-26(17)14-4-2-1-3-13(14)20;1-6(13)7-2-4-8(5-3-7)9(10,11)12/h1-8H,9H2,(H,27,28)(H,21,22,24,25);2-6H,13H2,1H3/t;6-/m.1/s1. The summed E-state index contributed by atoms with van der Waals surface area (Å²) in [6, 6.07) is 18.7. The number of alkyl halides is 3. The van der Waals surface area contributed by atoms with Crippen molar-refractivity contribution in [2.45, 2.75) is 25.6 Å². The summed E-state index contributed by atoms with van der Waals surface area (Å²) in [4.78, 5) is 11.9. The second-order valence-corrected chi connectivity index (χ2v) is 9.61. The molecule has 0 saturated carbocycles. The number of para-hydroxylation sites is 1. The van der Waals surface area contributed by atoms with E-state index in [2.05, 4.69) is 25.7 Å². The molecule has 0 saturated heterocycles. The number of nitrogens with two attached hydrogens (primary N) is 1. The molecule has 0 unspecified atom stereocenters. The number of rotatable bonds is 6. The highest BCUT2D eigenvalue weighted by Gasteiger charge is 2.30. The van der Waals surface area contributed by atoms with Crippen LogP contribution in [0, 0.1) is 0 Å². The third-order valence-corrected chi connectivity index (χ3v) is 6.44. The van der Waals surface area contributed by atoms with Gasteiger partial charge in [0.1, 0.15) is 0 Å². The summed E-state index contributed by atoms with van der Waals surface area (Å²) in [6.45, 7) is 1.72. The Morgan fingerprint density at radius 1 is 1.05 bits per heavy atom. The number of H-pyrrole nitrogens is 1. The van der Waals surface area contributed by atoms with E-state index < -0.39 is 17.7 Å². The lowest BCUT2D eigenvalue weighted by Gasteiger charge is -2.11. The van der Waals surface area contributed by atoms with Gasteiger partial charge in [-0.05, 0) is 48.9 Å². The van der Waals surface area contributed by atoms with E-state index in [4.69, 9.17) is 28.9 Å². The third-order valence-electron chi connectivity index (χ3n) is 5.87. The minimum absolute atomic E-state index is 0.116. The van der Waals surface area contributed by atoms with E-state index in [1.165, 1.54) is 16.8 Å². The average Bonchev–Trinajstić information content (AvgIpc) is 3.58. The number of tetrazole rings is 1. The van der Waals surface area contributed by atoms with Gasteiger partial charge in [-0.1, -0.05) is 64.8 Å². The van der Waals surface area contributed by atoms with Gasteiger partial charge < -0.3 is 10.8 Å². The lowest BCUT2D eigenvalue weighted by Crippen LogP contribution is -2.07. The van der Waals surface area contributed by atoms with Gasteiger partial charge in [0.25, 0.3) is 0 Å². The van der Waals surface area contributed by atoms with Crippen molar-refractivity contribution in [2.24, 2.45) is 5.73 Å². The Hall–Kier alpha value is -4.26. The van der Waals surface area contributed by atoms with Crippen LogP contribution in [0.15, 0.2) is 72.8 Å².